The van der Waals surface area contributed by atoms with E-state index in [9.17, 15) is 9.90 Å². The number of para-hydroxylation sites is 2. The van der Waals surface area contributed by atoms with Gasteiger partial charge in [-0.3, -0.25) is 10.1 Å². The van der Waals surface area contributed by atoms with Gasteiger partial charge in [0.15, 0.2) is 11.5 Å². The zero-order chi connectivity index (χ0) is 18.2. The Morgan fingerprint density at radius 2 is 1.92 bits per heavy atom. The molecule has 1 aromatic rings. The molecule has 0 aliphatic rings. The van der Waals surface area contributed by atoms with E-state index in [1.54, 1.807) is 19.2 Å². The summed E-state index contributed by atoms with van der Waals surface area (Å²) in [5.41, 5.74) is 4.79. The van der Waals surface area contributed by atoms with Crippen molar-refractivity contribution in [2.24, 2.45) is 5.73 Å². The number of aliphatic hydroxyl groups excluding tert-OH is 1. The smallest absolute Gasteiger partial charge is 0.221 e. The summed E-state index contributed by atoms with van der Waals surface area (Å²) >= 11 is 0. The van der Waals surface area contributed by atoms with Crippen LogP contribution in [0.1, 0.15) is 27.2 Å². The molecule has 0 aromatic heterocycles. The van der Waals surface area contributed by atoms with Crippen molar-refractivity contribution in [3.8, 4) is 11.5 Å². The number of carbonyl (C=O) groups is 1. The first kappa shape index (κ1) is 20.2. The Morgan fingerprint density at radius 1 is 1.29 bits per heavy atom. The lowest BCUT2D eigenvalue weighted by atomic mass is 10.2. The number of aliphatic hydroxyl groups is 1. The maximum atomic E-state index is 11.1. The van der Waals surface area contributed by atoms with Crippen LogP contribution in [-0.2, 0) is 9.53 Å². The molecule has 24 heavy (non-hydrogen) atoms. The molecule has 0 saturated carbocycles. The summed E-state index contributed by atoms with van der Waals surface area (Å²) in [5.74, 6) is 0.676. The van der Waals surface area contributed by atoms with Crippen LogP contribution in [0.3, 0.4) is 0 Å². The molecule has 0 bridgehead atoms. The van der Waals surface area contributed by atoms with E-state index in [2.05, 4.69) is 5.32 Å². The van der Waals surface area contributed by atoms with Crippen molar-refractivity contribution in [2.45, 2.75) is 45.1 Å². The number of hydrogen-bond donors (Lipinski definition) is 3. The average molecular weight is 340 g/mol. The average Bonchev–Trinajstić information content (AvgIpc) is 2.48. The quantitative estimate of drug-likeness (QED) is 0.550. The zero-order valence-electron chi connectivity index (χ0n) is 14.7. The minimum absolute atomic E-state index is 0.0252. The van der Waals surface area contributed by atoms with E-state index in [4.69, 9.17) is 19.9 Å². The van der Waals surface area contributed by atoms with Crippen LogP contribution < -0.4 is 20.5 Å². The molecule has 0 spiro atoms. The molecule has 1 aromatic carbocycles. The predicted molar refractivity (Wildman–Crippen MR) is 90.9 cm³/mol. The molecule has 2 unspecified atom stereocenters. The van der Waals surface area contributed by atoms with Crippen LogP contribution in [0.25, 0.3) is 0 Å². The van der Waals surface area contributed by atoms with Crippen molar-refractivity contribution in [3.05, 3.63) is 24.3 Å². The lowest BCUT2D eigenvalue weighted by Gasteiger charge is -2.28. The molecule has 7 heteroatoms. The highest BCUT2D eigenvalue weighted by Crippen LogP contribution is 2.25. The molecule has 0 heterocycles. The normalized spacial score (nSPS) is 14.0. The number of nitrogens with two attached hydrogens (primary N) is 1. The van der Waals surface area contributed by atoms with E-state index in [-0.39, 0.29) is 19.6 Å². The monoisotopic (exact) mass is 340 g/mol. The van der Waals surface area contributed by atoms with Gasteiger partial charge in [-0.1, -0.05) is 12.1 Å². The van der Waals surface area contributed by atoms with E-state index in [1.807, 2.05) is 32.9 Å². The summed E-state index contributed by atoms with van der Waals surface area (Å²) in [6, 6.07) is 7.20. The highest BCUT2D eigenvalue weighted by atomic mass is 16.5. The van der Waals surface area contributed by atoms with Crippen molar-refractivity contribution in [3.63, 3.8) is 0 Å². The van der Waals surface area contributed by atoms with Gasteiger partial charge in [-0.25, -0.2) is 0 Å². The SMILES string of the molecule is COc1ccccc1OCC(O)CNC(CC(N)=O)OC(C)(C)C. The summed E-state index contributed by atoms with van der Waals surface area (Å²) in [6.45, 7) is 5.91. The molecule has 1 rings (SSSR count). The number of ether oxygens (including phenoxy) is 3. The Labute approximate surface area is 143 Å². The minimum Gasteiger partial charge on any atom is -0.493 e. The first-order valence-electron chi connectivity index (χ1n) is 7.84. The Kier molecular flexibility index (Phi) is 7.97. The van der Waals surface area contributed by atoms with Gasteiger partial charge < -0.3 is 25.1 Å². The highest BCUT2D eigenvalue weighted by Gasteiger charge is 2.21. The van der Waals surface area contributed by atoms with Gasteiger partial charge in [0.1, 0.15) is 18.9 Å². The van der Waals surface area contributed by atoms with E-state index in [0.717, 1.165) is 0 Å². The van der Waals surface area contributed by atoms with Crippen LogP contribution in [0, 0.1) is 0 Å². The molecule has 0 radical (unpaired) electrons. The first-order valence-corrected chi connectivity index (χ1v) is 7.84. The van der Waals surface area contributed by atoms with Crippen molar-refractivity contribution in [1.82, 2.24) is 5.32 Å². The van der Waals surface area contributed by atoms with Gasteiger partial charge in [-0.05, 0) is 32.9 Å². The summed E-state index contributed by atoms with van der Waals surface area (Å²) < 4.78 is 16.5. The molecule has 7 nitrogen and oxygen atoms in total. The fraction of sp³-hybridized carbons (Fsp3) is 0.588. The second-order valence-corrected chi connectivity index (χ2v) is 6.41. The number of amides is 1. The van der Waals surface area contributed by atoms with Crippen molar-refractivity contribution >= 4 is 5.91 Å². The first-order chi connectivity index (χ1) is 11.2. The zero-order valence-corrected chi connectivity index (χ0v) is 14.7. The van der Waals surface area contributed by atoms with E-state index >= 15 is 0 Å². The molecule has 136 valence electrons. The third-order valence-corrected chi connectivity index (χ3v) is 2.96. The van der Waals surface area contributed by atoms with Gasteiger partial charge in [-0.15, -0.1) is 0 Å². The molecule has 0 aliphatic heterocycles. The molecule has 4 N–H and O–H groups in total. The Morgan fingerprint density at radius 3 is 2.46 bits per heavy atom. The predicted octanol–water partition coefficient (Wildman–Crippen LogP) is 1.04. The number of benzene rings is 1. The number of carbonyl (C=O) groups excluding carboxylic acids is 1. The highest BCUT2D eigenvalue weighted by molar-refractivity contribution is 5.74. The maximum absolute atomic E-state index is 11.1. The number of primary amides is 1. The third kappa shape index (κ3) is 8.14. The number of nitrogens with one attached hydrogen (secondary N) is 1. The fourth-order valence-electron chi connectivity index (χ4n) is 2.02. The second kappa shape index (κ2) is 9.46. The van der Waals surface area contributed by atoms with Crippen LogP contribution in [0.2, 0.25) is 0 Å². The van der Waals surface area contributed by atoms with Gasteiger partial charge >= 0.3 is 0 Å². The molecule has 0 aliphatic carbocycles. The number of rotatable bonds is 10. The van der Waals surface area contributed by atoms with E-state index < -0.39 is 23.8 Å². The van der Waals surface area contributed by atoms with Crippen LogP contribution in [0.4, 0.5) is 0 Å². The molecular formula is C17H28N2O5. The maximum Gasteiger partial charge on any atom is 0.221 e. The minimum atomic E-state index is -0.783. The van der Waals surface area contributed by atoms with Gasteiger partial charge in [0.2, 0.25) is 5.91 Å². The number of hydrogen-bond acceptors (Lipinski definition) is 6. The summed E-state index contributed by atoms with van der Waals surface area (Å²) in [7, 11) is 1.55. The lowest BCUT2D eigenvalue weighted by Crippen LogP contribution is -2.44. The van der Waals surface area contributed by atoms with Crippen molar-refractivity contribution < 1.29 is 24.1 Å². The molecule has 1 amide bonds. The molecule has 2 atom stereocenters. The Hall–Kier alpha value is -1.83. The largest absolute Gasteiger partial charge is 0.493 e. The Bertz CT molecular complexity index is 516. The number of methoxy groups -OCH3 is 1. The second-order valence-electron chi connectivity index (χ2n) is 6.41. The van der Waals surface area contributed by atoms with Crippen molar-refractivity contribution in [2.75, 3.05) is 20.3 Å². The van der Waals surface area contributed by atoms with Crippen LogP contribution >= 0.6 is 0 Å². The summed E-state index contributed by atoms with van der Waals surface area (Å²) in [4.78, 5) is 11.1. The molecule has 0 fully saturated rings. The molecule has 0 saturated heterocycles. The summed E-state index contributed by atoms with van der Waals surface area (Å²) in [5, 5.41) is 13.0. The van der Waals surface area contributed by atoms with Gasteiger partial charge in [0, 0.05) is 6.54 Å². The van der Waals surface area contributed by atoms with Gasteiger partial charge in [0.25, 0.3) is 0 Å². The van der Waals surface area contributed by atoms with Crippen LogP contribution in [0.15, 0.2) is 24.3 Å². The van der Waals surface area contributed by atoms with Gasteiger partial charge in [-0.2, -0.15) is 0 Å². The van der Waals surface area contributed by atoms with Crippen LogP contribution in [-0.4, -0.2) is 49.2 Å². The standard InChI is InChI=1S/C17H28N2O5/c1-17(2,3)24-16(9-15(18)21)19-10-12(20)11-23-14-8-6-5-7-13(14)22-4/h5-8,12,16,19-20H,9-11H2,1-4H3,(H2,18,21). The van der Waals surface area contributed by atoms with Crippen LogP contribution in [0.5, 0.6) is 11.5 Å². The Balaban J connectivity index is 2.47. The lowest BCUT2D eigenvalue weighted by molar-refractivity contribution is -0.127. The van der Waals surface area contributed by atoms with Crippen molar-refractivity contribution in [1.29, 1.82) is 0 Å². The topological polar surface area (TPSA) is 103 Å². The third-order valence-electron chi connectivity index (χ3n) is 2.96. The fourth-order valence-corrected chi connectivity index (χ4v) is 2.02. The van der Waals surface area contributed by atoms with Gasteiger partial charge in [0.05, 0.1) is 19.1 Å². The molecular weight excluding hydrogens is 312 g/mol. The summed E-state index contributed by atoms with van der Waals surface area (Å²) in [6.07, 6.45) is -1.32. The van der Waals surface area contributed by atoms with E-state index in [1.165, 1.54) is 0 Å². The van der Waals surface area contributed by atoms with E-state index in [0.29, 0.717) is 11.5 Å².